The van der Waals surface area contributed by atoms with E-state index in [2.05, 4.69) is 15.9 Å². The second kappa shape index (κ2) is 6.28. The van der Waals surface area contributed by atoms with Crippen LogP contribution in [0.3, 0.4) is 0 Å². The van der Waals surface area contributed by atoms with E-state index in [9.17, 15) is 4.79 Å². The first kappa shape index (κ1) is 14.7. The first-order valence-electron chi connectivity index (χ1n) is 7.22. The van der Waals surface area contributed by atoms with E-state index in [-0.39, 0.29) is 0 Å². The molecule has 1 aliphatic heterocycles. The molecule has 3 rings (SSSR count). The molecule has 2 aromatic carbocycles. The largest absolute Gasteiger partial charge is 0.478 e. The highest BCUT2D eigenvalue weighted by atomic mass is 35.5. The molecule has 114 valence electrons. The first-order valence-corrected chi connectivity index (χ1v) is 7.60. The van der Waals surface area contributed by atoms with Crippen LogP contribution >= 0.6 is 11.6 Å². The number of anilines is 2. The smallest absolute Gasteiger partial charge is 0.335 e. The van der Waals surface area contributed by atoms with Crippen molar-refractivity contribution in [1.82, 2.24) is 0 Å². The maximum absolute atomic E-state index is 11.1. The standard InChI is InChI=1S/C17H17ClN2O2/c18-14-4-2-6-16(12-14)20-9-7-19(8-10-20)15-5-1-3-13(11-15)17(21)22/h1-6,11-12H,7-10H2,(H,21,22). The summed E-state index contributed by atoms with van der Waals surface area (Å²) in [5, 5.41) is 9.83. The van der Waals surface area contributed by atoms with Crippen molar-refractivity contribution in [2.45, 2.75) is 0 Å². The van der Waals surface area contributed by atoms with Crippen LogP contribution in [0.4, 0.5) is 11.4 Å². The van der Waals surface area contributed by atoms with Crippen molar-refractivity contribution in [1.29, 1.82) is 0 Å². The van der Waals surface area contributed by atoms with Crippen LogP contribution in [0.25, 0.3) is 0 Å². The number of benzene rings is 2. The summed E-state index contributed by atoms with van der Waals surface area (Å²) in [5.41, 5.74) is 2.42. The van der Waals surface area contributed by atoms with Gasteiger partial charge in [0, 0.05) is 42.6 Å². The lowest BCUT2D eigenvalue weighted by molar-refractivity contribution is 0.0697. The molecule has 0 saturated carbocycles. The molecule has 1 fully saturated rings. The third-order valence-corrected chi connectivity index (χ3v) is 4.15. The van der Waals surface area contributed by atoms with Crippen LogP contribution in [0.15, 0.2) is 48.5 Å². The number of hydrogen-bond acceptors (Lipinski definition) is 3. The zero-order chi connectivity index (χ0) is 15.5. The molecule has 0 bridgehead atoms. The molecule has 1 N–H and O–H groups in total. The van der Waals surface area contributed by atoms with E-state index in [1.807, 2.05) is 24.3 Å². The molecule has 1 heterocycles. The number of rotatable bonds is 3. The third kappa shape index (κ3) is 3.17. The van der Waals surface area contributed by atoms with Crippen LogP contribution in [-0.2, 0) is 0 Å². The quantitative estimate of drug-likeness (QED) is 0.943. The number of piperazine rings is 1. The van der Waals surface area contributed by atoms with Gasteiger partial charge in [0.2, 0.25) is 0 Å². The van der Waals surface area contributed by atoms with Gasteiger partial charge < -0.3 is 14.9 Å². The van der Waals surface area contributed by atoms with E-state index in [1.165, 1.54) is 0 Å². The molecule has 4 nitrogen and oxygen atoms in total. The Morgan fingerprint density at radius 1 is 0.909 bits per heavy atom. The van der Waals surface area contributed by atoms with Gasteiger partial charge in [0.15, 0.2) is 0 Å². The molecule has 5 heteroatoms. The highest BCUT2D eigenvalue weighted by molar-refractivity contribution is 6.30. The van der Waals surface area contributed by atoms with Gasteiger partial charge in [-0.1, -0.05) is 23.7 Å². The number of aromatic carboxylic acids is 1. The van der Waals surface area contributed by atoms with E-state index in [1.54, 1.807) is 18.2 Å². The van der Waals surface area contributed by atoms with Gasteiger partial charge in [-0.15, -0.1) is 0 Å². The summed E-state index contributed by atoms with van der Waals surface area (Å²) in [5.74, 6) is -0.889. The second-order valence-corrected chi connectivity index (χ2v) is 5.75. The minimum atomic E-state index is -0.889. The molecule has 0 amide bonds. The first-order chi connectivity index (χ1) is 10.6. The summed E-state index contributed by atoms with van der Waals surface area (Å²) < 4.78 is 0. The predicted octanol–water partition coefficient (Wildman–Crippen LogP) is 3.36. The SMILES string of the molecule is O=C(O)c1cccc(N2CCN(c3cccc(Cl)c3)CC2)c1. The predicted molar refractivity (Wildman–Crippen MR) is 89.3 cm³/mol. The van der Waals surface area contributed by atoms with Crippen LogP contribution < -0.4 is 9.80 Å². The van der Waals surface area contributed by atoms with E-state index in [4.69, 9.17) is 16.7 Å². The molecular formula is C17H17ClN2O2. The average Bonchev–Trinajstić information content (AvgIpc) is 2.55. The molecule has 1 aliphatic rings. The van der Waals surface area contributed by atoms with Gasteiger partial charge in [-0.05, 0) is 36.4 Å². The van der Waals surface area contributed by atoms with Crippen LogP contribution in [0.5, 0.6) is 0 Å². The van der Waals surface area contributed by atoms with E-state index in [0.29, 0.717) is 5.56 Å². The summed E-state index contributed by atoms with van der Waals surface area (Å²) in [6.45, 7) is 3.49. The Balaban J connectivity index is 1.69. The summed E-state index contributed by atoms with van der Waals surface area (Å²) in [6, 6.07) is 15.0. The monoisotopic (exact) mass is 316 g/mol. The maximum Gasteiger partial charge on any atom is 0.335 e. The molecule has 1 saturated heterocycles. The van der Waals surface area contributed by atoms with Crippen LogP contribution in [0, 0.1) is 0 Å². The molecule has 0 spiro atoms. The van der Waals surface area contributed by atoms with Crippen molar-refractivity contribution in [3.8, 4) is 0 Å². The number of nitrogens with zero attached hydrogens (tertiary/aromatic N) is 2. The fourth-order valence-electron chi connectivity index (χ4n) is 2.73. The minimum absolute atomic E-state index is 0.328. The molecule has 0 atom stereocenters. The fourth-order valence-corrected chi connectivity index (χ4v) is 2.92. The summed E-state index contributed by atoms with van der Waals surface area (Å²) in [4.78, 5) is 15.6. The lowest BCUT2D eigenvalue weighted by atomic mass is 10.1. The van der Waals surface area contributed by atoms with Gasteiger partial charge in [0.1, 0.15) is 0 Å². The van der Waals surface area contributed by atoms with Gasteiger partial charge in [0.05, 0.1) is 5.56 Å². The van der Waals surface area contributed by atoms with Gasteiger partial charge in [-0.3, -0.25) is 0 Å². The Bertz CT molecular complexity index is 682. The van der Waals surface area contributed by atoms with Crippen molar-refractivity contribution in [3.63, 3.8) is 0 Å². The second-order valence-electron chi connectivity index (χ2n) is 5.31. The van der Waals surface area contributed by atoms with E-state index >= 15 is 0 Å². The lowest BCUT2D eigenvalue weighted by Gasteiger charge is -2.37. The van der Waals surface area contributed by atoms with Crippen molar-refractivity contribution >= 4 is 28.9 Å². The summed E-state index contributed by atoms with van der Waals surface area (Å²) in [7, 11) is 0. The number of hydrogen-bond donors (Lipinski definition) is 1. The highest BCUT2D eigenvalue weighted by Crippen LogP contribution is 2.23. The van der Waals surface area contributed by atoms with Crippen molar-refractivity contribution in [2.24, 2.45) is 0 Å². The molecular weight excluding hydrogens is 300 g/mol. The average molecular weight is 317 g/mol. The highest BCUT2D eigenvalue weighted by Gasteiger charge is 2.18. The Morgan fingerprint density at radius 2 is 1.45 bits per heavy atom. The Kier molecular flexibility index (Phi) is 4.20. The number of carboxylic acids is 1. The molecule has 2 aromatic rings. The van der Waals surface area contributed by atoms with E-state index < -0.39 is 5.97 Å². The maximum atomic E-state index is 11.1. The Morgan fingerprint density at radius 3 is 2.00 bits per heavy atom. The third-order valence-electron chi connectivity index (χ3n) is 3.91. The Labute approximate surface area is 134 Å². The van der Waals surface area contributed by atoms with Crippen LogP contribution in [0.1, 0.15) is 10.4 Å². The fraction of sp³-hybridized carbons (Fsp3) is 0.235. The van der Waals surface area contributed by atoms with Crippen LogP contribution in [0.2, 0.25) is 5.02 Å². The molecule has 22 heavy (non-hydrogen) atoms. The topological polar surface area (TPSA) is 43.8 Å². The number of halogens is 1. The number of carbonyl (C=O) groups is 1. The number of carboxylic acid groups (broad SMARTS) is 1. The van der Waals surface area contributed by atoms with Crippen molar-refractivity contribution in [2.75, 3.05) is 36.0 Å². The van der Waals surface area contributed by atoms with Gasteiger partial charge in [0.25, 0.3) is 0 Å². The van der Waals surface area contributed by atoms with Gasteiger partial charge >= 0.3 is 5.97 Å². The zero-order valence-corrected chi connectivity index (χ0v) is 12.8. The lowest BCUT2D eigenvalue weighted by Crippen LogP contribution is -2.46. The van der Waals surface area contributed by atoms with Crippen molar-refractivity contribution < 1.29 is 9.90 Å². The van der Waals surface area contributed by atoms with Crippen molar-refractivity contribution in [3.05, 3.63) is 59.1 Å². The normalized spacial score (nSPS) is 15.0. The minimum Gasteiger partial charge on any atom is -0.478 e. The van der Waals surface area contributed by atoms with Crippen LogP contribution in [-0.4, -0.2) is 37.3 Å². The molecule has 0 aliphatic carbocycles. The molecule has 0 radical (unpaired) electrons. The molecule has 0 aromatic heterocycles. The van der Waals surface area contributed by atoms with Gasteiger partial charge in [-0.25, -0.2) is 4.79 Å². The summed E-state index contributed by atoms with van der Waals surface area (Å²) >= 11 is 6.04. The zero-order valence-electron chi connectivity index (χ0n) is 12.1. The van der Waals surface area contributed by atoms with E-state index in [0.717, 1.165) is 42.6 Å². The molecule has 0 unspecified atom stereocenters. The Hall–Kier alpha value is -2.20. The van der Waals surface area contributed by atoms with Gasteiger partial charge in [-0.2, -0.15) is 0 Å². The summed E-state index contributed by atoms with van der Waals surface area (Å²) in [6.07, 6.45) is 0.